The first-order chi connectivity index (χ1) is 15.6. The molecule has 1 fully saturated rings. The van der Waals surface area contributed by atoms with Crippen molar-refractivity contribution in [3.8, 4) is 5.75 Å². The molecule has 13 heteroatoms. The maximum absolute atomic E-state index is 13.0. The number of urea groups is 1. The second-order valence-electron chi connectivity index (χ2n) is 7.70. The molecule has 2 heterocycles. The van der Waals surface area contributed by atoms with Gasteiger partial charge in [-0.25, -0.2) is 13.2 Å². The van der Waals surface area contributed by atoms with Crippen molar-refractivity contribution in [1.29, 1.82) is 0 Å². The SMILES string of the molecule is COc1ccc(S(=O)(=O)N2CCN(C(=O)NC[C@H](c3ccsc3)N(C)C)CC2)cc1[N+](=O)[O-]. The van der Waals surface area contributed by atoms with Crippen LogP contribution in [0.1, 0.15) is 11.6 Å². The summed E-state index contributed by atoms with van der Waals surface area (Å²) in [7, 11) is 1.22. The van der Waals surface area contributed by atoms with Crippen molar-refractivity contribution in [2.45, 2.75) is 10.9 Å². The summed E-state index contributed by atoms with van der Waals surface area (Å²) >= 11 is 1.60. The largest absolute Gasteiger partial charge is 0.490 e. The molecule has 33 heavy (non-hydrogen) atoms. The molecule has 1 aromatic heterocycles. The standard InChI is InChI=1S/C20H27N5O6S2/c1-22(2)18(15-6-11-32-14-15)13-21-20(26)23-7-9-24(10-8-23)33(29,30)16-4-5-19(31-3)17(12-16)25(27)28/h4-6,11-12,14,18H,7-10,13H2,1-3H3,(H,21,26)/t18-/m1/s1. The lowest BCUT2D eigenvalue weighted by Gasteiger charge is -2.34. The Morgan fingerprint density at radius 3 is 2.52 bits per heavy atom. The lowest BCUT2D eigenvalue weighted by Crippen LogP contribution is -2.53. The van der Waals surface area contributed by atoms with Gasteiger partial charge in [-0.15, -0.1) is 0 Å². The van der Waals surface area contributed by atoms with Gasteiger partial charge in [-0.1, -0.05) is 0 Å². The van der Waals surface area contributed by atoms with Gasteiger partial charge in [0.05, 0.1) is 23.0 Å². The fraction of sp³-hybridized carbons (Fsp3) is 0.450. The van der Waals surface area contributed by atoms with Crippen molar-refractivity contribution in [3.05, 3.63) is 50.7 Å². The van der Waals surface area contributed by atoms with Gasteiger partial charge in [0.25, 0.3) is 0 Å². The Labute approximate surface area is 196 Å². The minimum absolute atomic E-state index is 0.0149. The molecule has 0 bridgehead atoms. The fourth-order valence-corrected chi connectivity index (χ4v) is 5.76. The number of nitro benzene ring substituents is 1. The smallest absolute Gasteiger partial charge is 0.317 e. The number of nitro groups is 1. The summed E-state index contributed by atoms with van der Waals surface area (Å²) in [5, 5.41) is 18.2. The molecule has 180 valence electrons. The van der Waals surface area contributed by atoms with E-state index in [1.807, 2.05) is 35.8 Å². The molecule has 2 aromatic rings. The van der Waals surface area contributed by atoms with Crippen LogP contribution in [0.25, 0.3) is 0 Å². The van der Waals surface area contributed by atoms with Gasteiger partial charge in [0, 0.05) is 38.8 Å². The lowest BCUT2D eigenvalue weighted by atomic mass is 10.1. The van der Waals surface area contributed by atoms with Crippen molar-refractivity contribution < 1.29 is 22.9 Å². The molecule has 2 amide bonds. The zero-order chi connectivity index (χ0) is 24.2. The summed E-state index contributed by atoms with van der Waals surface area (Å²) in [5.74, 6) is -0.0149. The van der Waals surface area contributed by atoms with E-state index in [9.17, 15) is 23.3 Å². The number of carbonyl (C=O) groups is 1. The molecule has 0 aliphatic carbocycles. The Morgan fingerprint density at radius 1 is 1.27 bits per heavy atom. The maximum Gasteiger partial charge on any atom is 0.317 e. The summed E-state index contributed by atoms with van der Waals surface area (Å²) in [6.45, 7) is 1.05. The van der Waals surface area contributed by atoms with Crippen LogP contribution in [0.2, 0.25) is 0 Å². The number of hydrogen-bond acceptors (Lipinski definition) is 8. The number of sulfonamides is 1. The molecule has 0 spiro atoms. The Hall–Kier alpha value is -2.74. The zero-order valence-electron chi connectivity index (χ0n) is 18.6. The van der Waals surface area contributed by atoms with Gasteiger partial charge in [0.2, 0.25) is 10.0 Å². The molecular formula is C20H27N5O6S2. The number of benzene rings is 1. The first-order valence-corrected chi connectivity index (χ1v) is 12.6. The third-order valence-electron chi connectivity index (χ3n) is 5.51. The van der Waals surface area contributed by atoms with Gasteiger partial charge >= 0.3 is 11.7 Å². The highest BCUT2D eigenvalue weighted by atomic mass is 32.2. The van der Waals surface area contributed by atoms with Crippen LogP contribution in [-0.2, 0) is 10.0 Å². The highest BCUT2D eigenvalue weighted by molar-refractivity contribution is 7.89. The first-order valence-electron chi connectivity index (χ1n) is 10.2. The van der Waals surface area contributed by atoms with Crippen molar-refractivity contribution in [3.63, 3.8) is 0 Å². The second kappa shape index (κ2) is 10.5. The summed E-state index contributed by atoms with van der Waals surface area (Å²) in [5.41, 5.74) is 0.701. The topological polar surface area (TPSA) is 125 Å². The molecule has 1 saturated heterocycles. The number of rotatable bonds is 8. The Balaban J connectivity index is 1.61. The van der Waals surface area contributed by atoms with E-state index in [1.54, 1.807) is 16.2 Å². The third kappa shape index (κ3) is 5.61. The van der Waals surface area contributed by atoms with Crippen LogP contribution in [0.5, 0.6) is 5.75 Å². The van der Waals surface area contributed by atoms with Gasteiger partial charge in [-0.2, -0.15) is 15.6 Å². The van der Waals surface area contributed by atoms with Crippen LogP contribution in [0.15, 0.2) is 39.9 Å². The van der Waals surface area contributed by atoms with Crippen LogP contribution in [-0.4, -0.2) is 87.4 Å². The zero-order valence-corrected chi connectivity index (χ0v) is 20.3. The van der Waals surface area contributed by atoms with E-state index in [4.69, 9.17) is 4.74 Å². The Kier molecular flexibility index (Phi) is 7.89. The van der Waals surface area contributed by atoms with Gasteiger partial charge in [-0.05, 0) is 48.6 Å². The van der Waals surface area contributed by atoms with E-state index in [-0.39, 0.29) is 48.9 Å². The number of thiophene rings is 1. The maximum atomic E-state index is 13.0. The minimum atomic E-state index is -3.95. The van der Waals surface area contributed by atoms with E-state index in [1.165, 1.54) is 23.5 Å². The molecule has 0 unspecified atom stereocenters. The van der Waals surface area contributed by atoms with Crippen LogP contribution in [0.3, 0.4) is 0 Å². The lowest BCUT2D eigenvalue weighted by molar-refractivity contribution is -0.386. The van der Waals surface area contributed by atoms with Gasteiger partial charge < -0.3 is 19.9 Å². The highest BCUT2D eigenvalue weighted by Gasteiger charge is 2.32. The van der Waals surface area contributed by atoms with Crippen LogP contribution >= 0.6 is 11.3 Å². The number of methoxy groups -OCH3 is 1. The first kappa shape index (κ1) is 24.9. The second-order valence-corrected chi connectivity index (χ2v) is 10.4. The van der Waals surface area contributed by atoms with Gasteiger partial charge in [0.1, 0.15) is 0 Å². The molecule has 11 nitrogen and oxygen atoms in total. The van der Waals surface area contributed by atoms with Gasteiger partial charge in [-0.3, -0.25) is 10.1 Å². The number of nitrogens with zero attached hydrogens (tertiary/aromatic N) is 4. The number of ether oxygens (including phenoxy) is 1. The van der Waals surface area contributed by atoms with E-state index in [2.05, 4.69) is 5.32 Å². The van der Waals surface area contributed by atoms with Crippen molar-refractivity contribution in [2.75, 3.05) is 53.9 Å². The third-order valence-corrected chi connectivity index (χ3v) is 8.10. The number of amides is 2. The van der Waals surface area contributed by atoms with E-state index < -0.39 is 20.6 Å². The summed E-state index contributed by atoms with van der Waals surface area (Å²) in [4.78, 5) is 26.6. The fourth-order valence-electron chi connectivity index (χ4n) is 3.61. The summed E-state index contributed by atoms with van der Waals surface area (Å²) < 4.78 is 32.2. The monoisotopic (exact) mass is 497 g/mol. The molecular weight excluding hydrogens is 470 g/mol. The van der Waals surface area contributed by atoms with Crippen molar-refractivity contribution >= 4 is 33.1 Å². The number of likely N-dealkylation sites (N-methyl/N-ethyl adjacent to an activating group) is 1. The number of piperazine rings is 1. The van der Waals surface area contributed by atoms with Crippen molar-refractivity contribution in [2.24, 2.45) is 0 Å². The van der Waals surface area contributed by atoms with E-state index >= 15 is 0 Å². The average molecular weight is 498 g/mol. The number of hydrogen-bond donors (Lipinski definition) is 1. The number of nitrogens with one attached hydrogen (secondary N) is 1. The molecule has 1 aliphatic heterocycles. The minimum Gasteiger partial charge on any atom is -0.490 e. The molecule has 1 aromatic carbocycles. The molecule has 1 N–H and O–H groups in total. The molecule has 0 saturated carbocycles. The number of carbonyl (C=O) groups excluding carboxylic acids is 1. The predicted molar refractivity (Wildman–Crippen MR) is 124 cm³/mol. The summed E-state index contributed by atoms with van der Waals surface area (Å²) in [6.07, 6.45) is 0. The summed E-state index contributed by atoms with van der Waals surface area (Å²) in [6, 6.07) is 5.35. The molecule has 1 aliphatic rings. The normalized spacial score (nSPS) is 15.9. The molecule has 0 radical (unpaired) electrons. The molecule has 1 atom stereocenters. The average Bonchev–Trinajstić information content (AvgIpc) is 3.32. The van der Waals surface area contributed by atoms with Crippen LogP contribution in [0.4, 0.5) is 10.5 Å². The highest BCUT2D eigenvalue weighted by Crippen LogP contribution is 2.30. The van der Waals surface area contributed by atoms with Crippen LogP contribution in [0, 0.1) is 10.1 Å². The van der Waals surface area contributed by atoms with Crippen LogP contribution < -0.4 is 10.1 Å². The predicted octanol–water partition coefficient (Wildman–Crippen LogP) is 1.98. The van der Waals surface area contributed by atoms with E-state index in [0.717, 1.165) is 11.6 Å². The molecule has 3 rings (SSSR count). The quantitative estimate of drug-likeness (QED) is 0.437. The van der Waals surface area contributed by atoms with Crippen molar-refractivity contribution in [1.82, 2.24) is 19.4 Å². The Morgan fingerprint density at radius 2 is 1.97 bits per heavy atom. The Bertz CT molecular complexity index is 1080. The van der Waals surface area contributed by atoms with Gasteiger partial charge in [0.15, 0.2) is 5.75 Å². The van der Waals surface area contributed by atoms with E-state index in [0.29, 0.717) is 6.54 Å².